The molecule has 0 spiro atoms. The van der Waals surface area contributed by atoms with E-state index in [1.165, 1.54) is 0 Å². The summed E-state index contributed by atoms with van der Waals surface area (Å²) in [5, 5.41) is 12.0. The topological polar surface area (TPSA) is 75.6 Å². The maximum atomic E-state index is 11.8. The number of hydrogen-bond donors (Lipinski definition) is 2. The minimum Gasteiger partial charge on any atom is -0.480 e. The summed E-state index contributed by atoms with van der Waals surface area (Å²) in [4.78, 5) is 23.3. The van der Waals surface area contributed by atoms with E-state index in [4.69, 9.17) is 4.74 Å². The average Bonchev–Trinajstić information content (AvgIpc) is 2.29. The molecule has 0 saturated heterocycles. The van der Waals surface area contributed by atoms with Crippen LogP contribution in [0.3, 0.4) is 0 Å². The van der Waals surface area contributed by atoms with Crippen LogP contribution < -0.4 is 5.32 Å². The van der Waals surface area contributed by atoms with E-state index in [9.17, 15) is 14.7 Å². The van der Waals surface area contributed by atoms with E-state index < -0.39 is 31.8 Å². The van der Waals surface area contributed by atoms with Crippen LogP contribution >= 0.6 is 0 Å². The summed E-state index contributed by atoms with van der Waals surface area (Å²) in [6, 6.07) is -1.01. The third kappa shape index (κ3) is 7.68. The normalized spacial score (nSPS) is 16.0. The molecular formula is C17H33NO4Si. The van der Waals surface area contributed by atoms with Crippen molar-refractivity contribution in [3.63, 3.8) is 0 Å². The zero-order valence-corrected chi connectivity index (χ0v) is 17.0. The van der Waals surface area contributed by atoms with Gasteiger partial charge >= 0.3 is 12.1 Å². The fourth-order valence-corrected chi connectivity index (χ4v) is 2.89. The van der Waals surface area contributed by atoms with E-state index in [2.05, 4.69) is 44.9 Å². The summed E-state index contributed by atoms with van der Waals surface area (Å²) >= 11 is 0. The van der Waals surface area contributed by atoms with Crippen LogP contribution in [0.1, 0.15) is 48.5 Å². The van der Waals surface area contributed by atoms with Crippen molar-refractivity contribution in [1.82, 2.24) is 5.32 Å². The van der Waals surface area contributed by atoms with Gasteiger partial charge in [0.05, 0.1) is 8.07 Å². The second-order valence-electron chi connectivity index (χ2n) is 8.65. The van der Waals surface area contributed by atoms with Crippen LogP contribution in [-0.2, 0) is 9.53 Å². The Hall–Kier alpha value is -1.30. The first-order chi connectivity index (χ1) is 10.1. The van der Waals surface area contributed by atoms with Crippen LogP contribution in [0.2, 0.25) is 18.1 Å². The summed E-state index contributed by atoms with van der Waals surface area (Å²) < 4.78 is 5.14. The molecule has 0 aromatic rings. The molecule has 0 aromatic heterocycles. The summed E-state index contributed by atoms with van der Waals surface area (Å²) in [6.45, 7) is 18.1. The molecule has 2 N–H and O–H groups in total. The Morgan fingerprint density at radius 1 is 1.13 bits per heavy atom. The Morgan fingerprint density at radius 2 is 1.61 bits per heavy atom. The summed E-state index contributed by atoms with van der Waals surface area (Å²) in [6.07, 6.45) is 1.20. The van der Waals surface area contributed by atoms with Gasteiger partial charge in [-0.1, -0.05) is 52.6 Å². The number of carboxylic acids is 1. The smallest absolute Gasteiger partial charge is 0.408 e. The predicted molar refractivity (Wildman–Crippen MR) is 96.3 cm³/mol. The summed E-state index contributed by atoms with van der Waals surface area (Å²) in [7, 11) is -1.64. The highest BCUT2D eigenvalue weighted by Crippen LogP contribution is 2.36. The first kappa shape index (κ1) is 21.7. The second kappa shape index (κ2) is 7.51. The maximum Gasteiger partial charge on any atom is 0.408 e. The molecule has 0 unspecified atom stereocenters. The molecule has 5 nitrogen and oxygen atoms in total. The standard InChI is InChI=1S/C17H33NO4Si/c1-12(10-11-23(8,9)17(5,6)7)13(14(19)20)18-15(21)22-16(2,3)4/h10-13H,1-9H3,(H,18,21)(H,19,20)/b11-10+/t12-,13-/m0/s1. The largest absolute Gasteiger partial charge is 0.480 e. The zero-order valence-electron chi connectivity index (χ0n) is 16.0. The van der Waals surface area contributed by atoms with Crippen molar-refractivity contribution in [1.29, 1.82) is 0 Å². The highest BCUT2D eigenvalue weighted by atomic mass is 28.3. The predicted octanol–water partition coefficient (Wildman–Crippen LogP) is 4.20. The molecule has 0 rings (SSSR count). The molecular weight excluding hydrogens is 310 g/mol. The van der Waals surface area contributed by atoms with Gasteiger partial charge in [-0.05, 0) is 25.8 Å². The van der Waals surface area contributed by atoms with E-state index in [1.54, 1.807) is 27.7 Å². The molecule has 0 aliphatic carbocycles. The highest BCUT2D eigenvalue weighted by Gasteiger charge is 2.33. The number of carbonyl (C=O) groups excluding carboxylic acids is 1. The Kier molecular flexibility index (Phi) is 7.09. The first-order valence-electron chi connectivity index (χ1n) is 7.98. The fourth-order valence-electron chi connectivity index (χ4n) is 1.61. The minimum atomic E-state index is -1.64. The number of carboxylic acid groups (broad SMARTS) is 1. The summed E-state index contributed by atoms with van der Waals surface area (Å²) in [5.74, 6) is -1.39. The van der Waals surface area contributed by atoms with Gasteiger partial charge < -0.3 is 15.2 Å². The Balaban J connectivity index is 5.06. The van der Waals surface area contributed by atoms with Crippen molar-refractivity contribution in [3.8, 4) is 0 Å². The lowest BCUT2D eigenvalue weighted by Crippen LogP contribution is -2.46. The van der Waals surface area contributed by atoms with Crippen molar-refractivity contribution in [2.75, 3.05) is 0 Å². The molecule has 0 fully saturated rings. The van der Waals surface area contributed by atoms with Crippen molar-refractivity contribution in [3.05, 3.63) is 11.8 Å². The van der Waals surface area contributed by atoms with E-state index in [0.29, 0.717) is 0 Å². The second-order valence-corrected chi connectivity index (χ2v) is 13.9. The fraction of sp³-hybridized carbons (Fsp3) is 0.765. The van der Waals surface area contributed by atoms with Gasteiger partial charge in [0.1, 0.15) is 11.6 Å². The van der Waals surface area contributed by atoms with Crippen LogP contribution in [0.4, 0.5) is 4.79 Å². The molecule has 0 aliphatic rings. The third-order valence-electron chi connectivity index (χ3n) is 4.21. The van der Waals surface area contributed by atoms with Crippen molar-refractivity contribution >= 4 is 20.1 Å². The van der Waals surface area contributed by atoms with Crippen LogP contribution in [0.25, 0.3) is 0 Å². The van der Waals surface area contributed by atoms with E-state index in [1.807, 2.05) is 6.08 Å². The number of ether oxygens (including phenoxy) is 1. The maximum absolute atomic E-state index is 11.8. The van der Waals surface area contributed by atoms with Crippen molar-refractivity contribution in [2.45, 2.75) is 78.2 Å². The lowest BCUT2D eigenvalue weighted by atomic mass is 10.0. The number of aliphatic carboxylic acids is 1. The zero-order chi connectivity index (χ0) is 18.6. The quantitative estimate of drug-likeness (QED) is 0.733. The van der Waals surface area contributed by atoms with Gasteiger partial charge in [0.25, 0.3) is 0 Å². The van der Waals surface area contributed by atoms with Crippen LogP contribution in [0, 0.1) is 5.92 Å². The van der Waals surface area contributed by atoms with E-state index in [0.717, 1.165) is 0 Å². The lowest BCUT2D eigenvalue weighted by Gasteiger charge is -2.34. The van der Waals surface area contributed by atoms with Crippen LogP contribution in [0.15, 0.2) is 11.8 Å². The van der Waals surface area contributed by atoms with Crippen molar-refractivity contribution < 1.29 is 19.4 Å². The third-order valence-corrected chi connectivity index (χ3v) is 9.11. The Bertz CT molecular complexity index is 458. The average molecular weight is 344 g/mol. The molecule has 23 heavy (non-hydrogen) atoms. The summed E-state index contributed by atoms with van der Waals surface area (Å²) in [5.41, 5.74) is 1.50. The van der Waals surface area contributed by atoms with Crippen molar-refractivity contribution in [2.24, 2.45) is 5.92 Å². The van der Waals surface area contributed by atoms with Gasteiger partial charge in [-0.25, -0.2) is 9.59 Å². The molecule has 0 radical (unpaired) electrons. The van der Waals surface area contributed by atoms with Gasteiger partial charge in [0.15, 0.2) is 0 Å². The SMILES string of the molecule is C[C@@H](/C=C/[Si](C)(C)C(C)(C)C)[C@H](NC(=O)OC(C)(C)C)C(=O)O. The number of nitrogens with one attached hydrogen (secondary N) is 1. The monoisotopic (exact) mass is 343 g/mol. The first-order valence-corrected chi connectivity index (χ1v) is 11.1. The number of hydrogen-bond acceptors (Lipinski definition) is 3. The number of alkyl carbamates (subject to hydrolysis) is 1. The molecule has 2 atom stereocenters. The van der Waals surface area contributed by atoms with Gasteiger partial charge in [-0.2, -0.15) is 0 Å². The van der Waals surface area contributed by atoms with Gasteiger partial charge in [-0.15, -0.1) is 0 Å². The number of rotatable bonds is 5. The molecule has 134 valence electrons. The van der Waals surface area contributed by atoms with Gasteiger partial charge in [-0.3, -0.25) is 0 Å². The minimum absolute atomic E-state index is 0.181. The molecule has 0 bridgehead atoms. The Labute approximate surface area is 141 Å². The van der Waals surface area contributed by atoms with Gasteiger partial charge in [0.2, 0.25) is 0 Å². The van der Waals surface area contributed by atoms with E-state index in [-0.39, 0.29) is 11.0 Å². The molecule has 6 heteroatoms. The highest BCUT2D eigenvalue weighted by molar-refractivity contribution is 6.84. The van der Waals surface area contributed by atoms with Gasteiger partial charge in [0, 0.05) is 5.92 Å². The molecule has 0 saturated carbocycles. The van der Waals surface area contributed by atoms with E-state index >= 15 is 0 Å². The molecule has 0 aliphatic heterocycles. The number of carbonyl (C=O) groups is 2. The van der Waals surface area contributed by atoms with Crippen LogP contribution in [0.5, 0.6) is 0 Å². The lowest BCUT2D eigenvalue weighted by molar-refractivity contribution is -0.140. The molecule has 1 amide bonds. The number of amides is 1. The molecule has 0 heterocycles. The Morgan fingerprint density at radius 3 is 1.96 bits per heavy atom. The van der Waals surface area contributed by atoms with Crippen LogP contribution in [-0.4, -0.2) is 36.9 Å². The molecule has 0 aromatic carbocycles.